The molecular formula is C48H90NO7P. The van der Waals surface area contributed by atoms with Crippen molar-refractivity contribution < 1.29 is 32.8 Å². The second-order valence-electron chi connectivity index (χ2n) is 15.6. The lowest BCUT2D eigenvalue weighted by atomic mass is 10.1. The van der Waals surface area contributed by atoms with Gasteiger partial charge in [-0.15, -0.1) is 0 Å². The first-order valence-electron chi connectivity index (χ1n) is 23.6. The fourth-order valence-corrected chi connectivity index (χ4v) is 7.23. The van der Waals surface area contributed by atoms with Gasteiger partial charge in [0.15, 0.2) is 0 Å². The van der Waals surface area contributed by atoms with E-state index in [1.54, 1.807) is 0 Å². The van der Waals surface area contributed by atoms with Crippen LogP contribution in [0, 0.1) is 0 Å². The van der Waals surface area contributed by atoms with Gasteiger partial charge < -0.3 is 20.1 Å². The van der Waals surface area contributed by atoms with Crippen LogP contribution in [0.4, 0.5) is 0 Å². The largest absolute Gasteiger partial charge is 0.472 e. The molecule has 0 fully saturated rings. The number of carbonyl (C=O) groups excluding carboxylic acids is 1. The average Bonchev–Trinajstić information content (AvgIpc) is 3.20. The number of hydrogen-bond acceptors (Lipinski definition) is 7. The monoisotopic (exact) mass is 824 g/mol. The van der Waals surface area contributed by atoms with Crippen LogP contribution in [0.25, 0.3) is 0 Å². The van der Waals surface area contributed by atoms with Crippen molar-refractivity contribution in [2.45, 2.75) is 219 Å². The predicted octanol–water partition coefficient (Wildman–Crippen LogP) is 14.4. The molecule has 0 aromatic heterocycles. The van der Waals surface area contributed by atoms with Gasteiger partial charge in [0.25, 0.3) is 0 Å². The molecule has 0 radical (unpaired) electrons. The highest BCUT2D eigenvalue weighted by Crippen LogP contribution is 2.43. The molecule has 0 aromatic rings. The first-order valence-corrected chi connectivity index (χ1v) is 25.1. The summed E-state index contributed by atoms with van der Waals surface area (Å²) in [6.07, 6.45) is 54.1. The van der Waals surface area contributed by atoms with E-state index in [4.69, 9.17) is 24.3 Å². The van der Waals surface area contributed by atoms with Crippen molar-refractivity contribution in [1.82, 2.24) is 0 Å². The van der Waals surface area contributed by atoms with Gasteiger partial charge in [0.1, 0.15) is 6.10 Å². The van der Waals surface area contributed by atoms with Gasteiger partial charge in [0.05, 0.1) is 19.8 Å². The second kappa shape index (κ2) is 45.5. The van der Waals surface area contributed by atoms with Crippen molar-refractivity contribution in [3.8, 4) is 0 Å². The second-order valence-corrected chi connectivity index (χ2v) is 17.1. The number of allylic oxidation sites excluding steroid dienone is 8. The number of unbranched alkanes of at least 4 members (excludes halogenated alkanes) is 24. The molecule has 8 nitrogen and oxygen atoms in total. The standard InChI is InChI=1S/C48H90NO7P/c1-3-5-7-9-11-13-15-17-19-21-23-25-27-29-31-33-35-37-39-41-48(50)56-47(46-55-57(51,52)54-44-42-49)45-53-43-40-38-36-34-32-30-28-26-24-22-20-18-16-14-12-10-8-6-4-2/h11,13-14,16-17,19-20,22,47H,3-10,12,15,18,21,23-46,49H2,1-2H3,(H,51,52)/b13-11-,16-14-,19-17-,22-20-. The molecule has 0 bridgehead atoms. The van der Waals surface area contributed by atoms with Crippen LogP contribution in [0.2, 0.25) is 0 Å². The van der Waals surface area contributed by atoms with Crippen molar-refractivity contribution in [2.24, 2.45) is 5.73 Å². The molecule has 2 unspecified atom stereocenters. The molecule has 0 heterocycles. The molecule has 0 saturated heterocycles. The zero-order valence-electron chi connectivity index (χ0n) is 37.1. The van der Waals surface area contributed by atoms with Gasteiger partial charge in [-0.25, -0.2) is 4.57 Å². The smallest absolute Gasteiger partial charge is 0.457 e. The maximum Gasteiger partial charge on any atom is 0.472 e. The Morgan fingerprint density at radius 1 is 0.526 bits per heavy atom. The number of rotatable bonds is 45. The van der Waals surface area contributed by atoms with Crippen LogP contribution in [0.1, 0.15) is 213 Å². The maximum atomic E-state index is 12.6. The number of nitrogens with two attached hydrogens (primary N) is 1. The average molecular weight is 824 g/mol. The van der Waals surface area contributed by atoms with E-state index in [0.717, 1.165) is 44.9 Å². The first kappa shape index (κ1) is 55.5. The lowest BCUT2D eigenvalue weighted by Crippen LogP contribution is -2.28. The third kappa shape index (κ3) is 45.4. The zero-order chi connectivity index (χ0) is 41.6. The Morgan fingerprint density at radius 2 is 0.930 bits per heavy atom. The molecule has 57 heavy (non-hydrogen) atoms. The normalized spacial score (nSPS) is 13.8. The Labute approximate surface area is 351 Å². The summed E-state index contributed by atoms with van der Waals surface area (Å²) in [4.78, 5) is 22.5. The zero-order valence-corrected chi connectivity index (χ0v) is 38.0. The van der Waals surface area contributed by atoms with Crippen LogP contribution in [0.3, 0.4) is 0 Å². The molecule has 0 saturated carbocycles. The summed E-state index contributed by atoms with van der Waals surface area (Å²) in [5.41, 5.74) is 5.38. The van der Waals surface area contributed by atoms with Gasteiger partial charge in [-0.05, 0) is 77.0 Å². The van der Waals surface area contributed by atoms with E-state index < -0.39 is 13.9 Å². The van der Waals surface area contributed by atoms with Gasteiger partial charge in [0.2, 0.25) is 0 Å². The minimum absolute atomic E-state index is 0.0974. The van der Waals surface area contributed by atoms with Crippen molar-refractivity contribution in [3.63, 3.8) is 0 Å². The molecule has 0 aliphatic rings. The Hall–Kier alpha value is -1.54. The fourth-order valence-electron chi connectivity index (χ4n) is 6.47. The minimum Gasteiger partial charge on any atom is -0.457 e. The molecule has 0 aliphatic carbocycles. The van der Waals surface area contributed by atoms with Crippen molar-refractivity contribution in [3.05, 3.63) is 48.6 Å². The highest BCUT2D eigenvalue weighted by molar-refractivity contribution is 7.47. The number of carbonyl (C=O) groups is 1. The fraction of sp³-hybridized carbons (Fsp3) is 0.812. The molecule has 0 spiro atoms. The Morgan fingerprint density at radius 3 is 1.40 bits per heavy atom. The quantitative estimate of drug-likeness (QED) is 0.0270. The lowest BCUT2D eigenvalue weighted by Gasteiger charge is -2.20. The van der Waals surface area contributed by atoms with Crippen molar-refractivity contribution >= 4 is 13.8 Å². The SMILES string of the molecule is CCCCC/C=C\C/C=C\CCCCCCCCCCCC(=O)OC(COCCCCCCCCCC/C=C\C/C=C\CCCCCC)COP(=O)(O)OCCN. The summed E-state index contributed by atoms with van der Waals surface area (Å²) in [6.45, 7) is 4.88. The summed E-state index contributed by atoms with van der Waals surface area (Å²) >= 11 is 0. The van der Waals surface area contributed by atoms with E-state index in [9.17, 15) is 14.3 Å². The Kier molecular flexibility index (Phi) is 44.3. The van der Waals surface area contributed by atoms with Gasteiger partial charge in [-0.3, -0.25) is 13.8 Å². The van der Waals surface area contributed by atoms with E-state index in [1.807, 2.05) is 0 Å². The van der Waals surface area contributed by atoms with Crippen LogP contribution in [0.15, 0.2) is 48.6 Å². The molecule has 2 atom stereocenters. The summed E-state index contributed by atoms with van der Waals surface area (Å²) in [6, 6.07) is 0. The molecule has 9 heteroatoms. The topological polar surface area (TPSA) is 117 Å². The molecule has 0 aliphatic heterocycles. The van der Waals surface area contributed by atoms with Crippen molar-refractivity contribution in [1.29, 1.82) is 0 Å². The number of esters is 1. The van der Waals surface area contributed by atoms with E-state index >= 15 is 0 Å². The van der Waals surface area contributed by atoms with E-state index in [1.165, 1.54) is 148 Å². The van der Waals surface area contributed by atoms with Crippen LogP contribution >= 0.6 is 7.82 Å². The predicted molar refractivity (Wildman–Crippen MR) is 243 cm³/mol. The summed E-state index contributed by atoms with van der Waals surface area (Å²) in [7, 11) is -4.28. The maximum absolute atomic E-state index is 12.6. The molecule has 0 amide bonds. The molecular weight excluding hydrogens is 734 g/mol. The van der Waals surface area contributed by atoms with E-state index in [0.29, 0.717) is 13.0 Å². The number of hydrogen-bond donors (Lipinski definition) is 2. The van der Waals surface area contributed by atoms with Gasteiger partial charge in [-0.1, -0.05) is 178 Å². The van der Waals surface area contributed by atoms with Crippen LogP contribution in [-0.2, 0) is 27.9 Å². The van der Waals surface area contributed by atoms with Gasteiger partial charge in [-0.2, -0.15) is 0 Å². The number of phosphoric acid groups is 1. The third-order valence-electron chi connectivity index (χ3n) is 9.97. The van der Waals surface area contributed by atoms with Crippen molar-refractivity contribution in [2.75, 3.05) is 33.0 Å². The molecule has 0 rings (SSSR count). The highest BCUT2D eigenvalue weighted by Gasteiger charge is 2.25. The summed E-state index contributed by atoms with van der Waals surface area (Å²) in [5.74, 6) is -0.337. The Balaban J connectivity index is 4.00. The van der Waals surface area contributed by atoms with Crippen LogP contribution in [-0.4, -0.2) is 49.9 Å². The van der Waals surface area contributed by atoms with E-state index in [2.05, 4.69) is 62.5 Å². The summed E-state index contributed by atoms with van der Waals surface area (Å²) < 4.78 is 33.5. The minimum atomic E-state index is -4.28. The first-order chi connectivity index (χ1) is 27.9. The van der Waals surface area contributed by atoms with Crippen LogP contribution in [0.5, 0.6) is 0 Å². The van der Waals surface area contributed by atoms with Gasteiger partial charge in [0, 0.05) is 19.6 Å². The number of phosphoric ester groups is 1. The molecule has 0 aromatic carbocycles. The lowest BCUT2D eigenvalue weighted by molar-refractivity contribution is -0.154. The van der Waals surface area contributed by atoms with Crippen LogP contribution < -0.4 is 5.73 Å². The Bertz CT molecular complexity index is 1010. The molecule has 334 valence electrons. The number of ether oxygens (including phenoxy) is 2. The molecule has 3 N–H and O–H groups in total. The van der Waals surface area contributed by atoms with E-state index in [-0.39, 0.29) is 32.3 Å². The van der Waals surface area contributed by atoms with Gasteiger partial charge >= 0.3 is 13.8 Å². The summed E-state index contributed by atoms with van der Waals surface area (Å²) in [5, 5.41) is 0. The third-order valence-corrected chi connectivity index (χ3v) is 11.0. The highest BCUT2D eigenvalue weighted by atomic mass is 31.2.